The maximum absolute atomic E-state index is 11.5. The lowest BCUT2D eigenvalue weighted by Crippen LogP contribution is -2.11. The SMILES string of the molecule is Cn1c(=O)[nH]c2cc(Oc3ccccc3)ccc21. The van der Waals surface area contributed by atoms with Gasteiger partial charge in [-0.1, -0.05) is 18.2 Å². The smallest absolute Gasteiger partial charge is 0.326 e. The molecule has 1 heterocycles. The highest BCUT2D eigenvalue weighted by Crippen LogP contribution is 2.23. The molecule has 0 aliphatic rings. The summed E-state index contributed by atoms with van der Waals surface area (Å²) in [6.07, 6.45) is 0. The molecule has 0 atom stereocenters. The molecule has 2 aromatic carbocycles. The van der Waals surface area contributed by atoms with Gasteiger partial charge in [-0.2, -0.15) is 0 Å². The highest BCUT2D eigenvalue weighted by Gasteiger charge is 2.04. The van der Waals surface area contributed by atoms with Crippen LogP contribution in [0.3, 0.4) is 0 Å². The van der Waals surface area contributed by atoms with E-state index in [0.717, 1.165) is 16.8 Å². The minimum atomic E-state index is -0.123. The van der Waals surface area contributed by atoms with Crippen LogP contribution in [-0.2, 0) is 7.05 Å². The number of aryl methyl sites for hydroxylation is 1. The molecule has 3 aromatic rings. The standard InChI is InChI=1S/C14H12N2O2/c1-16-13-8-7-11(9-12(13)15-14(16)17)18-10-5-3-2-4-6-10/h2-9H,1H3,(H,15,17). The molecular weight excluding hydrogens is 228 g/mol. The third-order valence-electron chi connectivity index (χ3n) is 2.85. The van der Waals surface area contributed by atoms with E-state index in [9.17, 15) is 4.79 Å². The van der Waals surface area contributed by atoms with Gasteiger partial charge in [0.15, 0.2) is 0 Å². The zero-order chi connectivity index (χ0) is 12.5. The van der Waals surface area contributed by atoms with E-state index < -0.39 is 0 Å². The van der Waals surface area contributed by atoms with Crippen LogP contribution in [0.15, 0.2) is 53.3 Å². The van der Waals surface area contributed by atoms with E-state index >= 15 is 0 Å². The van der Waals surface area contributed by atoms with Crippen molar-refractivity contribution in [2.24, 2.45) is 7.05 Å². The average Bonchev–Trinajstić information content (AvgIpc) is 2.66. The molecule has 4 nitrogen and oxygen atoms in total. The van der Waals surface area contributed by atoms with Crippen molar-refractivity contribution in [2.45, 2.75) is 0 Å². The Bertz CT molecular complexity index is 741. The predicted molar refractivity (Wildman–Crippen MR) is 70.1 cm³/mol. The number of imidazole rings is 1. The first kappa shape index (κ1) is 10.7. The molecule has 0 aliphatic heterocycles. The van der Waals surface area contributed by atoms with Crippen molar-refractivity contribution >= 4 is 11.0 Å². The number of hydrogen-bond donors (Lipinski definition) is 1. The number of rotatable bonds is 2. The largest absolute Gasteiger partial charge is 0.457 e. The maximum Gasteiger partial charge on any atom is 0.326 e. The van der Waals surface area contributed by atoms with E-state index in [1.165, 1.54) is 0 Å². The van der Waals surface area contributed by atoms with Crippen LogP contribution in [-0.4, -0.2) is 9.55 Å². The third kappa shape index (κ3) is 1.78. The number of aromatic amines is 1. The molecule has 0 bridgehead atoms. The van der Waals surface area contributed by atoms with Gasteiger partial charge in [-0.25, -0.2) is 4.79 Å². The summed E-state index contributed by atoms with van der Waals surface area (Å²) in [5, 5.41) is 0. The molecule has 0 saturated heterocycles. The Labute approximate surface area is 103 Å². The van der Waals surface area contributed by atoms with Crippen molar-refractivity contribution in [1.29, 1.82) is 0 Å². The molecule has 18 heavy (non-hydrogen) atoms. The van der Waals surface area contributed by atoms with Gasteiger partial charge in [0.1, 0.15) is 11.5 Å². The van der Waals surface area contributed by atoms with Gasteiger partial charge in [0.05, 0.1) is 11.0 Å². The van der Waals surface area contributed by atoms with Crippen molar-refractivity contribution in [3.05, 3.63) is 59.0 Å². The lowest BCUT2D eigenvalue weighted by Gasteiger charge is -2.05. The van der Waals surface area contributed by atoms with Crippen LogP contribution in [0, 0.1) is 0 Å². The Morgan fingerprint density at radius 2 is 1.83 bits per heavy atom. The first-order valence-electron chi connectivity index (χ1n) is 5.66. The van der Waals surface area contributed by atoms with Gasteiger partial charge >= 0.3 is 5.69 Å². The Morgan fingerprint density at radius 3 is 2.61 bits per heavy atom. The fourth-order valence-electron chi connectivity index (χ4n) is 1.90. The molecule has 90 valence electrons. The van der Waals surface area contributed by atoms with Gasteiger partial charge < -0.3 is 9.72 Å². The van der Waals surface area contributed by atoms with Gasteiger partial charge in [-0.05, 0) is 24.3 Å². The average molecular weight is 240 g/mol. The second kappa shape index (κ2) is 4.07. The van der Waals surface area contributed by atoms with Crippen molar-refractivity contribution in [2.75, 3.05) is 0 Å². The number of hydrogen-bond acceptors (Lipinski definition) is 2. The Balaban J connectivity index is 2.01. The Morgan fingerprint density at radius 1 is 1.06 bits per heavy atom. The number of H-pyrrole nitrogens is 1. The fourth-order valence-corrected chi connectivity index (χ4v) is 1.90. The van der Waals surface area contributed by atoms with Crippen LogP contribution in [0.2, 0.25) is 0 Å². The van der Waals surface area contributed by atoms with E-state index in [-0.39, 0.29) is 5.69 Å². The number of nitrogens with one attached hydrogen (secondary N) is 1. The van der Waals surface area contributed by atoms with Gasteiger partial charge in [0, 0.05) is 13.1 Å². The normalized spacial score (nSPS) is 10.7. The number of benzene rings is 2. The second-order valence-electron chi connectivity index (χ2n) is 4.08. The molecule has 0 fully saturated rings. The summed E-state index contributed by atoms with van der Waals surface area (Å²) in [6.45, 7) is 0. The molecule has 0 saturated carbocycles. The van der Waals surface area contributed by atoms with E-state index in [1.54, 1.807) is 11.6 Å². The molecular formula is C14H12N2O2. The second-order valence-corrected chi connectivity index (χ2v) is 4.08. The van der Waals surface area contributed by atoms with Crippen LogP contribution in [0.5, 0.6) is 11.5 Å². The van der Waals surface area contributed by atoms with Gasteiger partial charge in [0.2, 0.25) is 0 Å². The van der Waals surface area contributed by atoms with Crippen molar-refractivity contribution in [1.82, 2.24) is 9.55 Å². The van der Waals surface area contributed by atoms with Crippen LogP contribution >= 0.6 is 0 Å². The van der Waals surface area contributed by atoms with Crippen LogP contribution < -0.4 is 10.4 Å². The summed E-state index contributed by atoms with van der Waals surface area (Å²) >= 11 is 0. The van der Waals surface area contributed by atoms with Crippen LogP contribution in [0.1, 0.15) is 0 Å². The summed E-state index contributed by atoms with van der Waals surface area (Å²) in [6, 6.07) is 15.1. The predicted octanol–water partition coefficient (Wildman–Crippen LogP) is 2.66. The number of nitrogens with zero attached hydrogens (tertiary/aromatic N) is 1. The minimum Gasteiger partial charge on any atom is -0.457 e. The van der Waals surface area contributed by atoms with E-state index in [1.807, 2.05) is 48.5 Å². The third-order valence-corrected chi connectivity index (χ3v) is 2.85. The molecule has 3 rings (SSSR count). The molecule has 4 heteroatoms. The zero-order valence-electron chi connectivity index (χ0n) is 9.88. The first-order valence-corrected chi connectivity index (χ1v) is 5.66. The van der Waals surface area contributed by atoms with Gasteiger partial charge in [-0.15, -0.1) is 0 Å². The molecule has 0 aliphatic carbocycles. The summed E-state index contributed by atoms with van der Waals surface area (Å²) in [5.74, 6) is 1.48. The summed E-state index contributed by atoms with van der Waals surface area (Å²) in [4.78, 5) is 14.3. The molecule has 0 spiro atoms. The zero-order valence-corrected chi connectivity index (χ0v) is 9.88. The summed E-state index contributed by atoms with van der Waals surface area (Å²) in [5.41, 5.74) is 1.51. The van der Waals surface area contributed by atoms with E-state index in [2.05, 4.69) is 4.98 Å². The molecule has 1 aromatic heterocycles. The fraction of sp³-hybridized carbons (Fsp3) is 0.0714. The number of ether oxygens (including phenoxy) is 1. The van der Waals surface area contributed by atoms with Crippen molar-refractivity contribution in [3.63, 3.8) is 0 Å². The number of para-hydroxylation sites is 1. The summed E-state index contributed by atoms with van der Waals surface area (Å²) in [7, 11) is 1.74. The molecule has 1 N–H and O–H groups in total. The molecule has 0 unspecified atom stereocenters. The maximum atomic E-state index is 11.5. The number of fused-ring (bicyclic) bond motifs is 1. The van der Waals surface area contributed by atoms with Crippen molar-refractivity contribution < 1.29 is 4.74 Å². The topological polar surface area (TPSA) is 47.0 Å². The Hall–Kier alpha value is -2.49. The number of aromatic nitrogens is 2. The van der Waals surface area contributed by atoms with E-state index in [0.29, 0.717) is 5.75 Å². The lowest BCUT2D eigenvalue weighted by molar-refractivity contribution is 0.483. The molecule has 0 amide bonds. The highest BCUT2D eigenvalue weighted by molar-refractivity contribution is 5.76. The highest BCUT2D eigenvalue weighted by atomic mass is 16.5. The first-order chi connectivity index (χ1) is 8.74. The van der Waals surface area contributed by atoms with E-state index in [4.69, 9.17) is 4.74 Å². The van der Waals surface area contributed by atoms with Gasteiger partial charge in [0.25, 0.3) is 0 Å². The molecule has 0 radical (unpaired) electrons. The van der Waals surface area contributed by atoms with Gasteiger partial charge in [-0.3, -0.25) is 4.57 Å². The van der Waals surface area contributed by atoms with Crippen LogP contribution in [0.4, 0.5) is 0 Å². The van der Waals surface area contributed by atoms with Crippen LogP contribution in [0.25, 0.3) is 11.0 Å². The Kier molecular flexibility index (Phi) is 2.41. The van der Waals surface area contributed by atoms with Crippen molar-refractivity contribution in [3.8, 4) is 11.5 Å². The summed E-state index contributed by atoms with van der Waals surface area (Å²) < 4.78 is 7.28. The minimum absolute atomic E-state index is 0.123. The quantitative estimate of drug-likeness (QED) is 0.748. The monoisotopic (exact) mass is 240 g/mol. The lowest BCUT2D eigenvalue weighted by atomic mass is 10.3.